The van der Waals surface area contributed by atoms with Gasteiger partial charge in [0.2, 0.25) is 11.8 Å². The molecule has 0 aromatic carbocycles. The normalized spacial score (nSPS) is 37.1. The van der Waals surface area contributed by atoms with Crippen molar-refractivity contribution < 1.29 is 14.7 Å². The Morgan fingerprint density at radius 2 is 2.00 bits per heavy atom. The molecule has 0 aromatic rings. The van der Waals surface area contributed by atoms with E-state index >= 15 is 0 Å². The first kappa shape index (κ1) is 13.9. The highest BCUT2D eigenvalue weighted by atomic mass is 16.3. The predicted molar refractivity (Wildman–Crippen MR) is 73.8 cm³/mol. The average molecular weight is 280 g/mol. The summed E-state index contributed by atoms with van der Waals surface area (Å²) in [4.78, 5) is 28.2. The monoisotopic (exact) mass is 280 g/mol. The van der Waals surface area contributed by atoms with Gasteiger partial charge < -0.3 is 14.9 Å². The molecule has 0 spiro atoms. The second kappa shape index (κ2) is 5.02. The molecule has 4 atom stereocenters. The molecule has 2 aliphatic heterocycles. The third kappa shape index (κ3) is 2.22. The molecule has 0 radical (unpaired) electrons. The molecule has 112 valence electrons. The van der Waals surface area contributed by atoms with Crippen molar-refractivity contribution in [1.82, 2.24) is 9.80 Å². The Balaban J connectivity index is 1.62. The van der Waals surface area contributed by atoms with Crippen LogP contribution in [0.1, 0.15) is 33.1 Å². The second-order valence-corrected chi connectivity index (χ2v) is 6.85. The summed E-state index contributed by atoms with van der Waals surface area (Å²) in [5, 5.41) is 9.92. The third-order valence-electron chi connectivity index (χ3n) is 5.26. The number of carbonyl (C=O) groups is 2. The van der Waals surface area contributed by atoms with Crippen LogP contribution in [0.15, 0.2) is 0 Å². The molecule has 5 heteroatoms. The van der Waals surface area contributed by atoms with Gasteiger partial charge in [0.25, 0.3) is 0 Å². The molecule has 0 aromatic heterocycles. The molecule has 2 amide bonds. The number of rotatable bonds is 2. The minimum absolute atomic E-state index is 0.0952. The summed E-state index contributed by atoms with van der Waals surface area (Å²) >= 11 is 0. The maximum Gasteiger partial charge on any atom is 0.228 e. The highest BCUT2D eigenvalue weighted by Gasteiger charge is 2.46. The zero-order valence-electron chi connectivity index (χ0n) is 12.3. The third-order valence-corrected chi connectivity index (χ3v) is 5.26. The summed E-state index contributed by atoms with van der Waals surface area (Å²) in [6.07, 6.45) is 2.01. The van der Waals surface area contributed by atoms with Crippen LogP contribution in [0.2, 0.25) is 0 Å². The van der Waals surface area contributed by atoms with Crippen LogP contribution in [0.4, 0.5) is 0 Å². The van der Waals surface area contributed by atoms with Crippen molar-refractivity contribution in [3.05, 3.63) is 0 Å². The van der Waals surface area contributed by atoms with Gasteiger partial charge in [-0.1, -0.05) is 0 Å². The lowest BCUT2D eigenvalue weighted by Crippen LogP contribution is -2.38. The lowest BCUT2D eigenvalue weighted by Gasteiger charge is -2.23. The van der Waals surface area contributed by atoms with E-state index in [1.807, 2.05) is 18.7 Å². The van der Waals surface area contributed by atoms with Gasteiger partial charge in [0.15, 0.2) is 0 Å². The molecule has 4 unspecified atom stereocenters. The van der Waals surface area contributed by atoms with Crippen molar-refractivity contribution in [3.8, 4) is 0 Å². The maximum atomic E-state index is 12.6. The van der Waals surface area contributed by atoms with E-state index in [4.69, 9.17) is 0 Å². The number of aliphatic hydroxyl groups is 1. The minimum atomic E-state index is -0.241. The first-order chi connectivity index (χ1) is 9.47. The van der Waals surface area contributed by atoms with Crippen LogP contribution in [0.5, 0.6) is 0 Å². The molecule has 3 rings (SSSR count). The van der Waals surface area contributed by atoms with E-state index in [0.29, 0.717) is 25.4 Å². The highest BCUT2D eigenvalue weighted by Crippen LogP contribution is 2.39. The van der Waals surface area contributed by atoms with Gasteiger partial charge in [0.1, 0.15) is 0 Å². The van der Waals surface area contributed by atoms with E-state index in [9.17, 15) is 14.7 Å². The summed E-state index contributed by atoms with van der Waals surface area (Å²) in [7, 11) is 0. The van der Waals surface area contributed by atoms with Gasteiger partial charge in [0.05, 0.1) is 12.0 Å². The number of carbonyl (C=O) groups excluding carboxylic acids is 2. The van der Waals surface area contributed by atoms with E-state index in [-0.39, 0.29) is 35.8 Å². The van der Waals surface area contributed by atoms with Crippen molar-refractivity contribution in [1.29, 1.82) is 0 Å². The molecule has 1 N–H and O–H groups in total. The SMILES string of the molecule is CC(C)N1CC(C(=O)N2CC3CCC(O)C3C2)CC1=O. The number of fused-ring (bicyclic) bond motifs is 1. The largest absolute Gasteiger partial charge is 0.393 e. The Kier molecular flexibility index (Phi) is 3.48. The van der Waals surface area contributed by atoms with Gasteiger partial charge in [-0.25, -0.2) is 0 Å². The van der Waals surface area contributed by atoms with Crippen molar-refractivity contribution >= 4 is 11.8 Å². The highest BCUT2D eigenvalue weighted by molar-refractivity contribution is 5.89. The molecule has 1 aliphatic carbocycles. The zero-order valence-corrected chi connectivity index (χ0v) is 12.3. The van der Waals surface area contributed by atoms with Gasteiger partial charge in [-0.3, -0.25) is 9.59 Å². The van der Waals surface area contributed by atoms with Gasteiger partial charge in [0, 0.05) is 38.0 Å². The quantitative estimate of drug-likeness (QED) is 0.800. The summed E-state index contributed by atoms with van der Waals surface area (Å²) in [5.74, 6) is 0.756. The minimum Gasteiger partial charge on any atom is -0.393 e. The van der Waals surface area contributed by atoms with E-state index in [1.54, 1.807) is 4.90 Å². The van der Waals surface area contributed by atoms with Crippen molar-refractivity contribution in [3.63, 3.8) is 0 Å². The molecule has 20 heavy (non-hydrogen) atoms. The van der Waals surface area contributed by atoms with Crippen molar-refractivity contribution in [2.24, 2.45) is 17.8 Å². The van der Waals surface area contributed by atoms with Crippen LogP contribution in [0.3, 0.4) is 0 Å². The topological polar surface area (TPSA) is 60.9 Å². The lowest BCUT2D eigenvalue weighted by atomic mass is 10.00. The molecule has 1 saturated carbocycles. The molecule has 2 saturated heterocycles. The maximum absolute atomic E-state index is 12.6. The second-order valence-electron chi connectivity index (χ2n) is 6.85. The molecule has 3 aliphatic rings. The van der Waals surface area contributed by atoms with Crippen LogP contribution < -0.4 is 0 Å². The van der Waals surface area contributed by atoms with Crippen LogP contribution in [0, 0.1) is 17.8 Å². The first-order valence-electron chi connectivity index (χ1n) is 7.73. The van der Waals surface area contributed by atoms with Gasteiger partial charge in [-0.2, -0.15) is 0 Å². The standard InChI is InChI=1S/C15H24N2O3/c1-9(2)17-7-11(5-14(17)19)15(20)16-6-10-3-4-13(18)12(10)8-16/h9-13,18H,3-8H2,1-2H3. The van der Waals surface area contributed by atoms with Crippen molar-refractivity contribution in [2.45, 2.75) is 45.3 Å². The number of nitrogens with zero attached hydrogens (tertiary/aromatic N) is 2. The summed E-state index contributed by atoms with van der Waals surface area (Å²) in [6.45, 7) is 5.98. The fourth-order valence-electron chi connectivity index (χ4n) is 4.07. The Morgan fingerprint density at radius 1 is 1.25 bits per heavy atom. The van der Waals surface area contributed by atoms with Gasteiger partial charge in [-0.05, 0) is 32.6 Å². The first-order valence-corrected chi connectivity index (χ1v) is 7.73. The number of hydrogen-bond acceptors (Lipinski definition) is 3. The fraction of sp³-hybridized carbons (Fsp3) is 0.867. The van der Waals surface area contributed by atoms with E-state index < -0.39 is 0 Å². The number of aliphatic hydroxyl groups excluding tert-OH is 1. The van der Waals surface area contributed by atoms with E-state index in [2.05, 4.69) is 0 Å². The van der Waals surface area contributed by atoms with Crippen LogP contribution in [-0.4, -0.2) is 58.5 Å². The fourth-order valence-corrected chi connectivity index (χ4v) is 4.07. The Labute approximate surface area is 119 Å². The number of amides is 2. The number of hydrogen-bond donors (Lipinski definition) is 1. The summed E-state index contributed by atoms with van der Waals surface area (Å²) in [6, 6.07) is 0.167. The molecule has 3 fully saturated rings. The molecule has 5 nitrogen and oxygen atoms in total. The molecular weight excluding hydrogens is 256 g/mol. The van der Waals surface area contributed by atoms with Crippen LogP contribution in [-0.2, 0) is 9.59 Å². The summed E-state index contributed by atoms with van der Waals surface area (Å²) < 4.78 is 0. The predicted octanol–water partition coefficient (Wildman–Crippen LogP) is 0.473. The zero-order chi connectivity index (χ0) is 14.4. The van der Waals surface area contributed by atoms with E-state index in [1.165, 1.54) is 0 Å². The van der Waals surface area contributed by atoms with Gasteiger partial charge in [-0.15, -0.1) is 0 Å². The smallest absolute Gasteiger partial charge is 0.228 e. The Morgan fingerprint density at radius 3 is 2.60 bits per heavy atom. The average Bonchev–Trinajstić information content (AvgIpc) is 3.05. The molecule has 0 bridgehead atoms. The van der Waals surface area contributed by atoms with Crippen molar-refractivity contribution in [2.75, 3.05) is 19.6 Å². The van der Waals surface area contributed by atoms with E-state index in [0.717, 1.165) is 19.4 Å². The van der Waals surface area contributed by atoms with Gasteiger partial charge >= 0.3 is 0 Å². The Hall–Kier alpha value is -1.10. The van der Waals surface area contributed by atoms with Crippen LogP contribution in [0.25, 0.3) is 0 Å². The summed E-state index contributed by atoms with van der Waals surface area (Å²) in [5.41, 5.74) is 0. The lowest BCUT2D eigenvalue weighted by molar-refractivity contribution is -0.135. The molecule has 2 heterocycles. The number of likely N-dealkylation sites (tertiary alicyclic amines) is 2. The molecular formula is C15H24N2O3. The Bertz CT molecular complexity index is 423. The van der Waals surface area contributed by atoms with Crippen LogP contribution >= 0.6 is 0 Å².